The standard InChI is InChI=1S/C15H27N3O2/c1-15(2)11-16-8-13(15)14-17-19-10-12(20-14)9-18-6-4-3-5-7-18/h12-13,16H,3-11H2,1-2H3. The van der Waals surface area contributed by atoms with E-state index in [2.05, 4.69) is 29.2 Å². The quantitative estimate of drug-likeness (QED) is 0.850. The number of ether oxygens (including phenoxy) is 1. The van der Waals surface area contributed by atoms with Crippen LogP contribution in [0.2, 0.25) is 0 Å². The highest BCUT2D eigenvalue weighted by Gasteiger charge is 2.41. The molecule has 0 saturated carbocycles. The molecule has 0 aromatic carbocycles. The van der Waals surface area contributed by atoms with E-state index in [1.54, 1.807) is 0 Å². The summed E-state index contributed by atoms with van der Waals surface area (Å²) in [7, 11) is 0. The Morgan fingerprint density at radius 2 is 2.10 bits per heavy atom. The fourth-order valence-corrected chi connectivity index (χ4v) is 3.44. The van der Waals surface area contributed by atoms with Crippen LogP contribution in [-0.4, -0.2) is 56.2 Å². The second kappa shape index (κ2) is 5.90. The van der Waals surface area contributed by atoms with E-state index < -0.39 is 0 Å². The summed E-state index contributed by atoms with van der Waals surface area (Å²) in [6.07, 6.45) is 4.13. The van der Waals surface area contributed by atoms with E-state index in [-0.39, 0.29) is 11.5 Å². The lowest BCUT2D eigenvalue weighted by Crippen LogP contribution is -2.44. The predicted octanol–water partition coefficient (Wildman–Crippen LogP) is 1.45. The number of piperidine rings is 1. The van der Waals surface area contributed by atoms with E-state index in [0.717, 1.165) is 25.5 Å². The van der Waals surface area contributed by atoms with Crippen molar-refractivity contribution in [3.8, 4) is 0 Å². The maximum atomic E-state index is 6.15. The smallest absolute Gasteiger partial charge is 0.231 e. The van der Waals surface area contributed by atoms with Gasteiger partial charge in [0.25, 0.3) is 0 Å². The van der Waals surface area contributed by atoms with Crippen molar-refractivity contribution in [1.29, 1.82) is 0 Å². The molecule has 2 unspecified atom stereocenters. The van der Waals surface area contributed by atoms with Gasteiger partial charge in [-0.2, -0.15) is 0 Å². The fourth-order valence-electron chi connectivity index (χ4n) is 3.44. The molecule has 1 N–H and O–H groups in total. The highest BCUT2D eigenvalue weighted by molar-refractivity contribution is 5.80. The van der Waals surface area contributed by atoms with E-state index in [0.29, 0.717) is 12.5 Å². The molecule has 3 aliphatic heterocycles. The van der Waals surface area contributed by atoms with Crippen LogP contribution < -0.4 is 5.32 Å². The molecule has 2 atom stereocenters. The predicted molar refractivity (Wildman–Crippen MR) is 78.7 cm³/mol. The molecule has 0 aromatic heterocycles. The Kier molecular flexibility index (Phi) is 4.17. The van der Waals surface area contributed by atoms with Gasteiger partial charge >= 0.3 is 0 Å². The first kappa shape index (κ1) is 14.1. The average Bonchev–Trinajstić information content (AvgIpc) is 2.80. The van der Waals surface area contributed by atoms with Gasteiger partial charge in [-0.15, -0.1) is 0 Å². The monoisotopic (exact) mass is 281 g/mol. The molecular weight excluding hydrogens is 254 g/mol. The van der Waals surface area contributed by atoms with Gasteiger partial charge in [-0.3, -0.25) is 4.90 Å². The van der Waals surface area contributed by atoms with Crippen LogP contribution in [0.4, 0.5) is 0 Å². The van der Waals surface area contributed by atoms with Gasteiger partial charge in [-0.25, -0.2) is 0 Å². The van der Waals surface area contributed by atoms with Crippen LogP contribution in [0.25, 0.3) is 0 Å². The summed E-state index contributed by atoms with van der Waals surface area (Å²) < 4.78 is 6.15. The number of nitrogens with zero attached hydrogens (tertiary/aromatic N) is 2. The first-order valence-electron chi connectivity index (χ1n) is 7.95. The van der Waals surface area contributed by atoms with Crippen molar-refractivity contribution in [2.75, 3.05) is 39.3 Å². The summed E-state index contributed by atoms with van der Waals surface area (Å²) >= 11 is 0. The molecule has 5 nitrogen and oxygen atoms in total. The Balaban J connectivity index is 1.57. The Morgan fingerprint density at radius 3 is 2.80 bits per heavy atom. The van der Waals surface area contributed by atoms with Gasteiger partial charge in [0.05, 0.1) is 5.92 Å². The minimum absolute atomic E-state index is 0.136. The van der Waals surface area contributed by atoms with Crippen molar-refractivity contribution in [2.45, 2.75) is 39.2 Å². The van der Waals surface area contributed by atoms with E-state index in [1.165, 1.54) is 32.4 Å². The number of rotatable bonds is 3. The van der Waals surface area contributed by atoms with Gasteiger partial charge in [0.15, 0.2) is 6.61 Å². The van der Waals surface area contributed by atoms with Crippen LogP contribution in [0, 0.1) is 11.3 Å². The van der Waals surface area contributed by atoms with Crippen molar-refractivity contribution in [3.63, 3.8) is 0 Å². The molecule has 0 amide bonds. The van der Waals surface area contributed by atoms with Gasteiger partial charge < -0.3 is 14.9 Å². The van der Waals surface area contributed by atoms with Crippen LogP contribution in [0.3, 0.4) is 0 Å². The minimum Gasteiger partial charge on any atom is -0.470 e. The fraction of sp³-hybridized carbons (Fsp3) is 0.933. The molecule has 0 aromatic rings. The van der Waals surface area contributed by atoms with Crippen molar-refractivity contribution in [3.05, 3.63) is 0 Å². The summed E-state index contributed by atoms with van der Waals surface area (Å²) in [6, 6.07) is 0. The van der Waals surface area contributed by atoms with Gasteiger partial charge in [0, 0.05) is 19.6 Å². The van der Waals surface area contributed by atoms with Gasteiger partial charge in [-0.1, -0.05) is 25.4 Å². The van der Waals surface area contributed by atoms with Crippen molar-refractivity contribution < 1.29 is 9.57 Å². The maximum Gasteiger partial charge on any atom is 0.231 e. The molecule has 2 saturated heterocycles. The molecule has 5 heteroatoms. The third-order valence-corrected chi connectivity index (χ3v) is 4.78. The Hall–Kier alpha value is -0.810. The molecule has 0 aliphatic carbocycles. The van der Waals surface area contributed by atoms with Crippen LogP contribution in [0.1, 0.15) is 33.1 Å². The molecular formula is C15H27N3O2. The zero-order valence-electron chi connectivity index (χ0n) is 12.7. The van der Waals surface area contributed by atoms with E-state index in [9.17, 15) is 0 Å². The highest BCUT2D eigenvalue weighted by Crippen LogP contribution is 2.33. The van der Waals surface area contributed by atoms with E-state index in [1.807, 2.05) is 0 Å². The summed E-state index contributed by atoms with van der Waals surface area (Å²) in [4.78, 5) is 7.95. The lowest BCUT2D eigenvalue weighted by Gasteiger charge is -2.34. The third-order valence-electron chi connectivity index (χ3n) is 4.78. The number of oxime groups is 1. The number of likely N-dealkylation sites (tertiary alicyclic amines) is 1. The van der Waals surface area contributed by atoms with Crippen molar-refractivity contribution >= 4 is 5.90 Å². The molecule has 3 aliphatic rings. The van der Waals surface area contributed by atoms with Gasteiger partial charge in [0.1, 0.15) is 6.10 Å². The summed E-state index contributed by atoms with van der Waals surface area (Å²) in [5.74, 6) is 1.12. The number of hydrogen-bond donors (Lipinski definition) is 1. The van der Waals surface area contributed by atoms with Gasteiger partial charge in [-0.05, 0) is 31.3 Å². The zero-order valence-corrected chi connectivity index (χ0v) is 12.7. The van der Waals surface area contributed by atoms with Crippen LogP contribution in [0.15, 0.2) is 5.16 Å². The van der Waals surface area contributed by atoms with Crippen LogP contribution in [0.5, 0.6) is 0 Å². The molecule has 3 heterocycles. The Labute approximate surface area is 121 Å². The number of nitrogens with one attached hydrogen (secondary N) is 1. The lowest BCUT2D eigenvalue weighted by molar-refractivity contribution is -0.0178. The molecule has 0 radical (unpaired) electrons. The normalized spacial score (nSPS) is 34.2. The summed E-state index contributed by atoms with van der Waals surface area (Å²) in [5, 5.41) is 7.62. The number of hydrogen-bond acceptors (Lipinski definition) is 5. The Bertz CT molecular complexity index is 364. The molecule has 114 valence electrons. The lowest BCUT2D eigenvalue weighted by atomic mass is 9.82. The second-order valence-electron chi connectivity index (χ2n) is 7.00. The molecule has 0 bridgehead atoms. The molecule has 2 fully saturated rings. The van der Waals surface area contributed by atoms with Crippen LogP contribution >= 0.6 is 0 Å². The maximum absolute atomic E-state index is 6.15. The first-order valence-corrected chi connectivity index (χ1v) is 7.95. The third kappa shape index (κ3) is 3.09. The SMILES string of the molecule is CC1(C)CNCC1C1=NOCC(CN2CCCCC2)O1. The molecule has 20 heavy (non-hydrogen) atoms. The highest BCUT2D eigenvalue weighted by atomic mass is 16.7. The first-order chi connectivity index (χ1) is 9.65. The van der Waals surface area contributed by atoms with E-state index in [4.69, 9.17) is 9.57 Å². The summed E-state index contributed by atoms with van der Waals surface area (Å²) in [5.41, 5.74) is 0.190. The zero-order chi connectivity index (χ0) is 14.0. The van der Waals surface area contributed by atoms with Crippen LogP contribution in [-0.2, 0) is 9.57 Å². The summed E-state index contributed by atoms with van der Waals surface area (Å²) in [6.45, 7) is 10.4. The van der Waals surface area contributed by atoms with Crippen molar-refractivity contribution in [1.82, 2.24) is 10.2 Å². The van der Waals surface area contributed by atoms with Crippen molar-refractivity contribution in [2.24, 2.45) is 16.5 Å². The second-order valence-corrected chi connectivity index (χ2v) is 7.00. The molecule has 3 rings (SSSR count). The van der Waals surface area contributed by atoms with Gasteiger partial charge in [0.2, 0.25) is 5.90 Å². The average molecular weight is 281 g/mol. The Morgan fingerprint density at radius 1 is 1.30 bits per heavy atom. The molecule has 0 spiro atoms. The topological polar surface area (TPSA) is 46.1 Å². The van der Waals surface area contributed by atoms with E-state index >= 15 is 0 Å². The largest absolute Gasteiger partial charge is 0.470 e. The minimum atomic E-state index is 0.136.